The molecule has 0 aliphatic carbocycles. The summed E-state index contributed by atoms with van der Waals surface area (Å²) in [6, 6.07) is 28.7. The molecule has 0 amide bonds. The number of benzene rings is 4. The molecule has 2 aliphatic heterocycles. The minimum Gasteiger partial charge on any atom is -0.492 e. The predicted molar refractivity (Wildman–Crippen MR) is 139 cm³/mol. The van der Waals surface area contributed by atoms with Crippen LogP contribution in [0.3, 0.4) is 0 Å². The summed E-state index contributed by atoms with van der Waals surface area (Å²) in [4.78, 5) is 5.43. The zero-order valence-electron chi connectivity index (χ0n) is 19.9. The quantitative estimate of drug-likeness (QED) is 0.384. The van der Waals surface area contributed by atoms with Crippen LogP contribution in [0.15, 0.2) is 89.9 Å². The highest BCUT2D eigenvalue weighted by Crippen LogP contribution is 2.55. The van der Waals surface area contributed by atoms with E-state index in [9.17, 15) is 0 Å². The molecule has 0 atom stereocenters. The van der Waals surface area contributed by atoms with Crippen molar-refractivity contribution in [1.29, 1.82) is 0 Å². The molecule has 0 saturated carbocycles. The molecule has 36 heavy (non-hydrogen) atoms. The Hall–Kier alpha value is -4.65. The summed E-state index contributed by atoms with van der Waals surface area (Å²) < 4.78 is 22.9. The number of hydrogen-bond donors (Lipinski definition) is 2. The minimum atomic E-state index is -0.846. The number of nitrogens with zero attached hydrogens (tertiary/aromatic N) is 1. The number of hydrogen-bond acceptors (Lipinski definition) is 7. The molecule has 0 radical (unpaired) electrons. The number of fused-ring (bicyclic) bond motifs is 2. The molecule has 2 heterocycles. The molecule has 0 aromatic heterocycles. The van der Waals surface area contributed by atoms with E-state index >= 15 is 0 Å². The molecular weight excluding hydrogens is 454 g/mol. The summed E-state index contributed by atoms with van der Waals surface area (Å²) >= 11 is 0. The van der Waals surface area contributed by atoms with Gasteiger partial charge in [0.1, 0.15) is 11.4 Å². The Morgan fingerprint density at radius 1 is 0.778 bits per heavy atom. The molecule has 0 spiro atoms. The van der Waals surface area contributed by atoms with Crippen molar-refractivity contribution in [1.82, 2.24) is 0 Å². The van der Waals surface area contributed by atoms with E-state index in [-0.39, 0.29) is 6.79 Å². The van der Waals surface area contributed by atoms with Gasteiger partial charge in [-0.3, -0.25) is 0 Å². The van der Waals surface area contributed by atoms with Gasteiger partial charge in [0.25, 0.3) is 0 Å². The molecule has 0 saturated heterocycles. The molecule has 0 unspecified atom stereocenters. The standard InChI is InChI=1S/C29H25N3O4/c1-33-24-22(23(30)25(34-2)27-26(24)35-17-36-27)28-31-21-16-10-9-15-20(21)29(32-28,18-11-5-3-6-12-18)19-13-7-4-8-14-19/h3-16H,17,30H2,1-2H3,(H,31,32). The van der Waals surface area contributed by atoms with Crippen molar-refractivity contribution in [2.75, 3.05) is 32.1 Å². The Kier molecular flexibility index (Phi) is 5.18. The highest BCUT2D eigenvalue weighted by atomic mass is 16.7. The Bertz CT molecular complexity index is 1430. The van der Waals surface area contributed by atoms with Gasteiger partial charge >= 0.3 is 0 Å². The Morgan fingerprint density at radius 3 is 1.94 bits per heavy atom. The third-order valence-electron chi connectivity index (χ3n) is 6.64. The van der Waals surface area contributed by atoms with Crippen LogP contribution in [0.25, 0.3) is 0 Å². The van der Waals surface area contributed by atoms with Crippen LogP contribution in [0.5, 0.6) is 23.0 Å². The summed E-state index contributed by atoms with van der Waals surface area (Å²) in [6.45, 7) is 0.0473. The molecule has 7 nitrogen and oxygen atoms in total. The lowest BCUT2D eigenvalue weighted by atomic mass is 9.75. The second-order valence-electron chi connectivity index (χ2n) is 8.49. The van der Waals surface area contributed by atoms with E-state index in [1.807, 2.05) is 54.6 Å². The highest BCUT2D eigenvalue weighted by Gasteiger charge is 2.43. The van der Waals surface area contributed by atoms with Gasteiger partial charge in [-0.15, -0.1) is 0 Å². The molecule has 4 aromatic carbocycles. The summed E-state index contributed by atoms with van der Waals surface area (Å²) in [5.74, 6) is 2.21. The molecule has 4 aromatic rings. The number of rotatable bonds is 5. The average molecular weight is 480 g/mol. The van der Waals surface area contributed by atoms with Crippen molar-refractivity contribution in [3.05, 3.63) is 107 Å². The predicted octanol–water partition coefficient (Wildman–Crippen LogP) is 5.18. The van der Waals surface area contributed by atoms with E-state index in [1.165, 1.54) is 0 Å². The maximum Gasteiger partial charge on any atom is 0.231 e. The summed E-state index contributed by atoms with van der Waals surface area (Å²) in [6.07, 6.45) is 0. The van der Waals surface area contributed by atoms with E-state index in [1.54, 1.807) is 14.2 Å². The van der Waals surface area contributed by atoms with Crippen LogP contribution in [0, 0.1) is 0 Å². The third kappa shape index (κ3) is 3.09. The lowest BCUT2D eigenvalue weighted by molar-refractivity contribution is 0.168. The van der Waals surface area contributed by atoms with Gasteiger partial charge in [-0.2, -0.15) is 0 Å². The topological polar surface area (TPSA) is 87.3 Å². The van der Waals surface area contributed by atoms with Gasteiger partial charge in [0.05, 0.1) is 25.5 Å². The lowest BCUT2D eigenvalue weighted by Gasteiger charge is -2.38. The Labute approximate surface area is 209 Å². The first-order valence-electron chi connectivity index (χ1n) is 11.6. The fourth-order valence-corrected chi connectivity index (χ4v) is 5.09. The molecule has 180 valence electrons. The van der Waals surface area contributed by atoms with Crippen molar-refractivity contribution in [2.45, 2.75) is 5.54 Å². The average Bonchev–Trinajstić information content (AvgIpc) is 3.42. The van der Waals surface area contributed by atoms with Crippen molar-refractivity contribution >= 4 is 17.2 Å². The normalized spacial score (nSPS) is 14.9. The minimum absolute atomic E-state index is 0.0473. The van der Waals surface area contributed by atoms with Crippen LogP contribution in [0.4, 0.5) is 11.4 Å². The number of nitrogen functional groups attached to an aromatic ring is 1. The maximum atomic E-state index is 6.70. The maximum absolute atomic E-state index is 6.70. The monoisotopic (exact) mass is 479 g/mol. The molecule has 7 heteroatoms. The first-order chi connectivity index (χ1) is 17.7. The van der Waals surface area contributed by atoms with Crippen LogP contribution >= 0.6 is 0 Å². The SMILES string of the molecule is COc1c(N)c(C2=NC(c3ccccc3)(c3ccccc3)c3ccccc3N2)c(OC)c2c1OCO2. The number of anilines is 2. The summed E-state index contributed by atoms with van der Waals surface area (Å²) in [5, 5.41) is 3.50. The van der Waals surface area contributed by atoms with Gasteiger partial charge in [-0.05, 0) is 17.2 Å². The van der Waals surface area contributed by atoms with Gasteiger partial charge in [0.15, 0.2) is 11.5 Å². The fraction of sp³-hybridized carbons (Fsp3) is 0.138. The van der Waals surface area contributed by atoms with Crippen molar-refractivity contribution in [3.63, 3.8) is 0 Å². The van der Waals surface area contributed by atoms with Crippen LogP contribution in [0.1, 0.15) is 22.3 Å². The van der Waals surface area contributed by atoms with Crippen LogP contribution in [-0.2, 0) is 5.54 Å². The summed E-state index contributed by atoms with van der Waals surface area (Å²) in [7, 11) is 3.12. The van der Waals surface area contributed by atoms with E-state index in [0.717, 1.165) is 22.4 Å². The second kappa shape index (κ2) is 8.53. The fourth-order valence-electron chi connectivity index (χ4n) is 5.09. The molecule has 0 fully saturated rings. The Balaban J connectivity index is 1.72. The van der Waals surface area contributed by atoms with E-state index in [0.29, 0.717) is 40.1 Å². The van der Waals surface area contributed by atoms with Gasteiger partial charge in [0, 0.05) is 11.3 Å². The number of nitrogens with one attached hydrogen (secondary N) is 1. The lowest BCUT2D eigenvalue weighted by Crippen LogP contribution is -2.36. The molecule has 6 rings (SSSR count). The first kappa shape index (κ1) is 21.9. The number of para-hydroxylation sites is 1. The number of ether oxygens (including phenoxy) is 4. The largest absolute Gasteiger partial charge is 0.492 e. The highest BCUT2D eigenvalue weighted by molar-refractivity contribution is 6.17. The van der Waals surface area contributed by atoms with Crippen molar-refractivity contribution in [3.8, 4) is 23.0 Å². The molecule has 3 N–H and O–H groups in total. The van der Waals surface area contributed by atoms with Gasteiger partial charge in [0.2, 0.25) is 18.3 Å². The Morgan fingerprint density at radius 2 is 1.33 bits per heavy atom. The van der Waals surface area contributed by atoms with Crippen LogP contribution in [-0.4, -0.2) is 26.8 Å². The van der Waals surface area contributed by atoms with Gasteiger partial charge < -0.3 is 30.0 Å². The number of aliphatic imine (C=N–C) groups is 1. The second-order valence-corrected chi connectivity index (χ2v) is 8.49. The van der Waals surface area contributed by atoms with Crippen LogP contribution in [0.2, 0.25) is 0 Å². The van der Waals surface area contributed by atoms with E-state index in [4.69, 9.17) is 29.7 Å². The molecular formula is C29H25N3O4. The van der Waals surface area contributed by atoms with E-state index < -0.39 is 5.54 Å². The first-order valence-corrected chi connectivity index (χ1v) is 11.6. The van der Waals surface area contributed by atoms with Crippen molar-refractivity contribution < 1.29 is 18.9 Å². The number of methoxy groups -OCH3 is 2. The van der Waals surface area contributed by atoms with Crippen LogP contribution < -0.4 is 30.0 Å². The third-order valence-corrected chi connectivity index (χ3v) is 6.64. The van der Waals surface area contributed by atoms with Gasteiger partial charge in [-0.1, -0.05) is 78.9 Å². The number of nitrogens with two attached hydrogens (primary N) is 1. The van der Waals surface area contributed by atoms with Crippen molar-refractivity contribution in [2.24, 2.45) is 4.99 Å². The zero-order chi connectivity index (χ0) is 24.7. The smallest absolute Gasteiger partial charge is 0.231 e. The van der Waals surface area contributed by atoms with E-state index in [2.05, 4.69) is 35.6 Å². The zero-order valence-corrected chi connectivity index (χ0v) is 19.9. The number of amidine groups is 1. The summed E-state index contributed by atoms with van der Waals surface area (Å²) in [5.41, 5.74) is 10.7. The van der Waals surface area contributed by atoms with Gasteiger partial charge in [-0.25, -0.2) is 4.99 Å². The molecule has 0 bridgehead atoms. The molecule has 2 aliphatic rings.